The Labute approximate surface area is 200 Å². The number of likely N-dealkylation sites (tertiary alicyclic amines) is 1. The fourth-order valence-electron chi connectivity index (χ4n) is 4.92. The van der Waals surface area contributed by atoms with Gasteiger partial charge in [-0.15, -0.1) is 11.8 Å². The van der Waals surface area contributed by atoms with Gasteiger partial charge in [-0.3, -0.25) is 15.1 Å². The third-order valence-corrected chi connectivity index (χ3v) is 8.00. The number of nitrogens with one attached hydrogen (secondary N) is 1. The molecule has 0 radical (unpaired) electrons. The van der Waals surface area contributed by atoms with Crippen molar-refractivity contribution in [3.8, 4) is 0 Å². The van der Waals surface area contributed by atoms with E-state index in [4.69, 9.17) is 11.1 Å². The second kappa shape index (κ2) is 10.7. The number of nitrogen functional groups attached to an aromatic ring is 1. The first-order valence-corrected chi connectivity index (χ1v) is 12.8. The number of hydrogen-bond donors (Lipinski definition) is 2. The Bertz CT molecular complexity index is 988. The van der Waals surface area contributed by atoms with Gasteiger partial charge in [-0.05, 0) is 64.3 Å². The summed E-state index contributed by atoms with van der Waals surface area (Å²) >= 11 is 1.47. The minimum atomic E-state index is -0.533. The number of anilines is 1. The lowest BCUT2D eigenvalue weighted by Gasteiger charge is -2.39. The number of fused-ring (bicyclic) bond motifs is 1. The highest BCUT2D eigenvalue weighted by molar-refractivity contribution is 8.00. The number of benzene rings is 1. The van der Waals surface area contributed by atoms with Crippen LogP contribution in [0.2, 0.25) is 0 Å². The molecule has 1 unspecified atom stereocenters. The van der Waals surface area contributed by atoms with Crippen LogP contribution in [-0.4, -0.2) is 51.8 Å². The summed E-state index contributed by atoms with van der Waals surface area (Å²) < 4.78 is 0. The van der Waals surface area contributed by atoms with E-state index in [1.807, 2.05) is 29.2 Å². The van der Waals surface area contributed by atoms with Crippen LogP contribution >= 0.6 is 11.8 Å². The van der Waals surface area contributed by atoms with Gasteiger partial charge < -0.3 is 10.6 Å². The molecule has 0 saturated carbocycles. The number of amides is 1. The normalized spacial score (nSPS) is 23.4. The van der Waals surface area contributed by atoms with Crippen LogP contribution in [-0.2, 0) is 4.79 Å². The van der Waals surface area contributed by atoms with E-state index >= 15 is 0 Å². The zero-order valence-corrected chi connectivity index (χ0v) is 20.4. The Morgan fingerprint density at radius 3 is 2.61 bits per heavy atom. The lowest BCUT2D eigenvalue weighted by Crippen LogP contribution is -2.44. The van der Waals surface area contributed by atoms with Crippen molar-refractivity contribution in [3.05, 3.63) is 48.0 Å². The summed E-state index contributed by atoms with van der Waals surface area (Å²) in [6, 6.07) is 11.0. The molecular formula is C25H34N6OS. The van der Waals surface area contributed by atoms with Gasteiger partial charge in [0.1, 0.15) is 16.8 Å². The molecule has 3 N–H and O–H groups in total. The van der Waals surface area contributed by atoms with E-state index in [9.17, 15) is 4.79 Å². The van der Waals surface area contributed by atoms with E-state index in [1.165, 1.54) is 31.0 Å². The number of thioether (sulfide) groups is 1. The molecule has 2 aliphatic heterocycles. The molecule has 2 aromatic rings. The van der Waals surface area contributed by atoms with Crippen molar-refractivity contribution >= 4 is 29.2 Å². The quantitative estimate of drug-likeness (QED) is 0.340. The van der Waals surface area contributed by atoms with Crippen LogP contribution in [0.5, 0.6) is 0 Å². The van der Waals surface area contributed by atoms with Gasteiger partial charge in [0.15, 0.2) is 5.82 Å². The summed E-state index contributed by atoms with van der Waals surface area (Å²) in [5.41, 5.74) is 6.91. The van der Waals surface area contributed by atoms with Gasteiger partial charge in [-0.2, -0.15) is 0 Å². The average molecular weight is 467 g/mol. The van der Waals surface area contributed by atoms with Crippen LogP contribution in [0, 0.1) is 5.41 Å². The molecule has 4 rings (SSSR count). The molecule has 1 aromatic heterocycles. The van der Waals surface area contributed by atoms with Crippen molar-refractivity contribution in [2.45, 2.75) is 74.6 Å². The molecule has 3 heterocycles. The van der Waals surface area contributed by atoms with Gasteiger partial charge in [0.05, 0.1) is 5.69 Å². The van der Waals surface area contributed by atoms with Gasteiger partial charge >= 0.3 is 0 Å². The minimum absolute atomic E-state index is 0.00215. The lowest BCUT2D eigenvalue weighted by atomic mass is 9.97. The van der Waals surface area contributed by atoms with Crippen LogP contribution in [0.15, 0.2) is 41.4 Å². The molecule has 2 aliphatic rings. The number of piperidine rings is 1. The number of carbonyl (C=O) groups excluding carboxylic acids is 1. The zero-order chi connectivity index (χ0) is 23.4. The molecule has 3 atom stereocenters. The molecule has 7 nitrogen and oxygen atoms in total. The van der Waals surface area contributed by atoms with Crippen LogP contribution < -0.4 is 10.6 Å². The molecule has 1 fully saturated rings. The second-order valence-electron chi connectivity index (χ2n) is 9.10. The van der Waals surface area contributed by atoms with Gasteiger partial charge in [-0.1, -0.05) is 25.0 Å². The fourth-order valence-corrected chi connectivity index (χ4v) is 6.08. The van der Waals surface area contributed by atoms with E-state index in [1.54, 1.807) is 12.3 Å². The molecule has 1 aromatic carbocycles. The number of amidine groups is 1. The fraction of sp³-hybridized carbons (Fsp3) is 0.520. The first-order chi connectivity index (χ1) is 16.0. The standard InChI is InChI=1S/C25H34N6OS/c1-17-9-8-10-18(2)30(17)15-6-3-7-16-31-20-11-4-5-12-21(20)33-22(25(31)32)24-28-14-13-19(29-24)23(26)27/h4-5,11-14,17-18,22H,3,6-10,15-16H2,1-2H3,(H3,26,27)/t17-,18+,22?. The summed E-state index contributed by atoms with van der Waals surface area (Å²) in [6.07, 6.45) is 8.72. The van der Waals surface area contributed by atoms with E-state index in [0.29, 0.717) is 30.1 Å². The molecule has 8 heteroatoms. The Morgan fingerprint density at radius 1 is 1.12 bits per heavy atom. The monoisotopic (exact) mass is 466 g/mol. The number of carbonyl (C=O) groups is 1. The Hall–Kier alpha value is -2.45. The maximum Gasteiger partial charge on any atom is 0.248 e. The molecule has 0 aliphatic carbocycles. The zero-order valence-electron chi connectivity index (χ0n) is 19.5. The van der Waals surface area contributed by atoms with Gasteiger partial charge in [-0.25, -0.2) is 9.97 Å². The van der Waals surface area contributed by atoms with Gasteiger partial charge in [0, 0.05) is 29.7 Å². The van der Waals surface area contributed by atoms with E-state index in [0.717, 1.165) is 36.4 Å². The third kappa shape index (κ3) is 5.38. The Balaban J connectivity index is 1.42. The summed E-state index contributed by atoms with van der Waals surface area (Å²) in [5, 5.41) is 7.13. The number of unbranched alkanes of at least 4 members (excludes halogenated alkanes) is 2. The van der Waals surface area contributed by atoms with Gasteiger partial charge in [0.25, 0.3) is 0 Å². The van der Waals surface area contributed by atoms with Crippen LogP contribution in [0.3, 0.4) is 0 Å². The maximum absolute atomic E-state index is 13.5. The lowest BCUT2D eigenvalue weighted by molar-refractivity contribution is -0.118. The van der Waals surface area contributed by atoms with E-state index < -0.39 is 5.25 Å². The first kappa shape index (κ1) is 23.7. The summed E-state index contributed by atoms with van der Waals surface area (Å²) in [4.78, 5) is 27.8. The number of rotatable bonds is 8. The molecule has 0 bridgehead atoms. The molecule has 33 heavy (non-hydrogen) atoms. The summed E-state index contributed by atoms with van der Waals surface area (Å²) in [6.45, 7) is 6.52. The number of hydrogen-bond acceptors (Lipinski definition) is 6. The smallest absolute Gasteiger partial charge is 0.248 e. The van der Waals surface area contributed by atoms with Crippen molar-refractivity contribution in [1.82, 2.24) is 14.9 Å². The number of aromatic nitrogens is 2. The summed E-state index contributed by atoms with van der Waals surface area (Å²) in [7, 11) is 0. The SMILES string of the molecule is C[C@@H]1CCC[C@H](C)N1CCCCCN1C(=O)C(c2nccc(C(=N)N)n2)Sc2ccccc21. The van der Waals surface area contributed by atoms with Crippen LogP contribution in [0.25, 0.3) is 0 Å². The summed E-state index contributed by atoms with van der Waals surface area (Å²) in [5.74, 6) is 0.282. The largest absolute Gasteiger partial charge is 0.382 e. The first-order valence-electron chi connectivity index (χ1n) is 12.0. The predicted molar refractivity (Wildman–Crippen MR) is 134 cm³/mol. The van der Waals surface area contributed by atoms with Crippen molar-refractivity contribution < 1.29 is 4.79 Å². The maximum atomic E-state index is 13.5. The van der Waals surface area contributed by atoms with Crippen molar-refractivity contribution in [1.29, 1.82) is 5.41 Å². The minimum Gasteiger partial charge on any atom is -0.382 e. The number of nitrogens with zero attached hydrogens (tertiary/aromatic N) is 4. The van der Waals surface area contributed by atoms with Gasteiger partial charge in [0.2, 0.25) is 5.91 Å². The van der Waals surface area contributed by atoms with E-state index in [2.05, 4.69) is 28.7 Å². The molecule has 1 saturated heterocycles. The van der Waals surface area contributed by atoms with Crippen molar-refractivity contribution in [3.63, 3.8) is 0 Å². The Kier molecular flexibility index (Phi) is 7.65. The highest BCUT2D eigenvalue weighted by atomic mass is 32.2. The van der Waals surface area contributed by atoms with Crippen molar-refractivity contribution in [2.24, 2.45) is 5.73 Å². The van der Waals surface area contributed by atoms with E-state index in [-0.39, 0.29) is 11.7 Å². The molecule has 176 valence electrons. The van der Waals surface area contributed by atoms with Crippen LogP contribution in [0.4, 0.5) is 5.69 Å². The number of para-hydroxylation sites is 1. The average Bonchev–Trinajstić information content (AvgIpc) is 2.81. The molecular weight excluding hydrogens is 432 g/mol. The highest BCUT2D eigenvalue weighted by Crippen LogP contribution is 2.45. The third-order valence-electron chi connectivity index (χ3n) is 6.75. The molecule has 1 amide bonds. The Morgan fingerprint density at radius 2 is 1.85 bits per heavy atom. The van der Waals surface area contributed by atoms with Crippen molar-refractivity contribution in [2.75, 3.05) is 18.0 Å². The molecule has 0 spiro atoms. The topological polar surface area (TPSA) is 99.2 Å². The highest BCUT2D eigenvalue weighted by Gasteiger charge is 2.36. The number of nitrogens with two attached hydrogens (primary N) is 1. The second-order valence-corrected chi connectivity index (χ2v) is 10.2. The van der Waals surface area contributed by atoms with Crippen LogP contribution in [0.1, 0.15) is 69.1 Å². The predicted octanol–water partition coefficient (Wildman–Crippen LogP) is 4.37.